The summed E-state index contributed by atoms with van der Waals surface area (Å²) in [7, 11) is 0. The van der Waals surface area contributed by atoms with Gasteiger partial charge in [0.05, 0.1) is 6.04 Å². The van der Waals surface area contributed by atoms with Crippen molar-refractivity contribution in [3.63, 3.8) is 0 Å². The van der Waals surface area contributed by atoms with Crippen LogP contribution in [0.4, 0.5) is 4.79 Å². The van der Waals surface area contributed by atoms with Gasteiger partial charge in [-0.15, -0.1) is 0 Å². The average Bonchev–Trinajstić information content (AvgIpc) is 3.27. The van der Waals surface area contributed by atoms with Crippen molar-refractivity contribution in [3.8, 4) is 5.75 Å². The number of fused-ring (bicyclic) bond motifs is 1. The summed E-state index contributed by atoms with van der Waals surface area (Å²) in [5, 5.41) is 14.8. The summed E-state index contributed by atoms with van der Waals surface area (Å²) in [6.07, 6.45) is 1.42. The molecule has 0 aromatic heterocycles. The lowest BCUT2D eigenvalue weighted by atomic mass is 9.86. The molecule has 1 fully saturated rings. The molecule has 4 nitrogen and oxygen atoms in total. The van der Waals surface area contributed by atoms with Crippen molar-refractivity contribution in [2.75, 3.05) is 0 Å². The summed E-state index contributed by atoms with van der Waals surface area (Å²) >= 11 is 0. The molecule has 0 saturated heterocycles. The summed E-state index contributed by atoms with van der Waals surface area (Å²) < 4.78 is 5.71. The molecular weight excluding hydrogens is 302 g/mol. The molecule has 2 N–H and O–H groups in total. The number of phenolic OH excluding ortho intramolecular Hbond substituents is 1. The van der Waals surface area contributed by atoms with Gasteiger partial charge in [-0.2, -0.15) is 0 Å². The molecule has 2 aromatic carbocycles. The molecule has 1 unspecified atom stereocenters. The number of rotatable bonds is 3. The zero-order chi connectivity index (χ0) is 17.5. The van der Waals surface area contributed by atoms with E-state index in [4.69, 9.17) is 4.74 Å². The third-order valence-electron chi connectivity index (χ3n) is 5.06. The van der Waals surface area contributed by atoms with E-state index in [9.17, 15) is 9.90 Å². The Kier molecular flexibility index (Phi) is 3.94. The maximum atomic E-state index is 12.3. The normalized spacial score (nSPS) is 17.3. The summed E-state index contributed by atoms with van der Waals surface area (Å²) in [5.41, 5.74) is 0.445. The van der Waals surface area contributed by atoms with Gasteiger partial charge in [-0.25, -0.2) is 4.79 Å². The molecule has 1 aliphatic carbocycles. The Bertz CT molecular complexity index is 772. The van der Waals surface area contributed by atoms with E-state index in [0.717, 1.165) is 29.2 Å². The lowest BCUT2D eigenvalue weighted by Gasteiger charge is -2.31. The molecular formula is C20H25NO3. The molecule has 128 valence electrons. The molecule has 4 heteroatoms. The molecule has 0 aliphatic heterocycles. The standard InChI is InChI=1S/C20H25NO3/c1-13(21-18(23)24-20(9-10-20)19(2,3)4)15-11-14-7-5-6-8-16(14)17(22)12-15/h5-8,11-13,22H,9-10H2,1-4H3,(H,21,23). The SMILES string of the molecule is CC(NC(=O)OC1(C(C)(C)C)CC1)c1cc(O)c2ccccc2c1. The van der Waals surface area contributed by atoms with Crippen LogP contribution >= 0.6 is 0 Å². The Morgan fingerprint density at radius 1 is 1.25 bits per heavy atom. The first-order valence-corrected chi connectivity index (χ1v) is 8.43. The van der Waals surface area contributed by atoms with E-state index in [1.54, 1.807) is 6.07 Å². The number of carbonyl (C=O) groups is 1. The van der Waals surface area contributed by atoms with Gasteiger partial charge in [0.15, 0.2) is 0 Å². The number of alkyl carbamates (subject to hydrolysis) is 1. The monoisotopic (exact) mass is 327 g/mol. The minimum absolute atomic E-state index is 0.0607. The third kappa shape index (κ3) is 3.05. The fourth-order valence-corrected chi connectivity index (χ4v) is 3.15. The van der Waals surface area contributed by atoms with Crippen molar-refractivity contribution >= 4 is 16.9 Å². The molecule has 0 radical (unpaired) electrons. The number of aromatic hydroxyl groups is 1. The molecule has 24 heavy (non-hydrogen) atoms. The highest BCUT2D eigenvalue weighted by Crippen LogP contribution is 2.52. The van der Waals surface area contributed by atoms with E-state index >= 15 is 0 Å². The van der Waals surface area contributed by atoms with Crippen LogP contribution in [0.25, 0.3) is 10.8 Å². The van der Waals surface area contributed by atoms with Gasteiger partial charge in [0.2, 0.25) is 0 Å². The number of hydrogen-bond acceptors (Lipinski definition) is 3. The van der Waals surface area contributed by atoms with Crippen LogP contribution < -0.4 is 5.32 Å². The Morgan fingerprint density at radius 2 is 1.92 bits per heavy atom. The largest absolute Gasteiger partial charge is 0.507 e. The molecule has 0 spiro atoms. The predicted molar refractivity (Wildman–Crippen MR) is 95.1 cm³/mol. The Balaban J connectivity index is 1.73. The average molecular weight is 327 g/mol. The van der Waals surface area contributed by atoms with Crippen molar-refractivity contribution in [2.45, 2.75) is 52.2 Å². The highest BCUT2D eigenvalue weighted by Gasteiger charge is 2.55. The van der Waals surface area contributed by atoms with Crippen LogP contribution in [-0.4, -0.2) is 16.8 Å². The molecule has 1 saturated carbocycles. The van der Waals surface area contributed by atoms with Gasteiger partial charge in [-0.3, -0.25) is 0 Å². The Morgan fingerprint density at radius 3 is 2.54 bits per heavy atom. The zero-order valence-electron chi connectivity index (χ0n) is 14.7. The van der Waals surface area contributed by atoms with Crippen LogP contribution in [0.3, 0.4) is 0 Å². The first kappa shape index (κ1) is 16.6. The molecule has 0 bridgehead atoms. The predicted octanol–water partition coefficient (Wildman–Crippen LogP) is 4.91. The van der Waals surface area contributed by atoms with Crippen molar-refractivity contribution in [2.24, 2.45) is 5.41 Å². The summed E-state index contributed by atoms with van der Waals surface area (Å²) in [6, 6.07) is 11.1. The number of phenols is 1. The third-order valence-corrected chi connectivity index (χ3v) is 5.06. The quantitative estimate of drug-likeness (QED) is 0.842. The van der Waals surface area contributed by atoms with Crippen LogP contribution in [-0.2, 0) is 4.74 Å². The molecule has 1 aliphatic rings. The minimum Gasteiger partial charge on any atom is -0.507 e. The number of ether oxygens (including phenoxy) is 1. The Hall–Kier alpha value is -2.23. The number of hydrogen-bond donors (Lipinski definition) is 2. The molecule has 1 amide bonds. The van der Waals surface area contributed by atoms with Gasteiger partial charge < -0.3 is 15.2 Å². The van der Waals surface area contributed by atoms with Crippen molar-refractivity contribution in [1.82, 2.24) is 5.32 Å². The van der Waals surface area contributed by atoms with Crippen LogP contribution in [0.1, 0.15) is 52.1 Å². The first-order chi connectivity index (χ1) is 11.2. The number of nitrogens with one attached hydrogen (secondary N) is 1. The minimum atomic E-state index is -0.400. The Labute approximate surface area is 142 Å². The van der Waals surface area contributed by atoms with E-state index in [1.165, 1.54) is 0 Å². The van der Waals surface area contributed by atoms with Crippen molar-refractivity contribution in [1.29, 1.82) is 0 Å². The second-order valence-electron chi connectivity index (χ2n) is 7.76. The van der Waals surface area contributed by atoms with Gasteiger partial charge >= 0.3 is 6.09 Å². The van der Waals surface area contributed by atoms with Gasteiger partial charge in [-0.05, 0) is 42.8 Å². The van der Waals surface area contributed by atoms with Gasteiger partial charge in [-0.1, -0.05) is 45.0 Å². The van der Waals surface area contributed by atoms with Crippen LogP contribution in [0.15, 0.2) is 36.4 Å². The maximum absolute atomic E-state index is 12.3. The fraction of sp³-hybridized carbons (Fsp3) is 0.450. The number of carbonyl (C=O) groups excluding carboxylic acids is 1. The highest BCUT2D eigenvalue weighted by molar-refractivity contribution is 5.88. The number of benzene rings is 2. The molecule has 2 aromatic rings. The lowest BCUT2D eigenvalue weighted by molar-refractivity contribution is 0.00961. The van der Waals surface area contributed by atoms with E-state index in [2.05, 4.69) is 26.1 Å². The first-order valence-electron chi connectivity index (χ1n) is 8.43. The number of amides is 1. The van der Waals surface area contributed by atoms with Crippen LogP contribution in [0.5, 0.6) is 5.75 Å². The van der Waals surface area contributed by atoms with Crippen molar-refractivity contribution < 1.29 is 14.6 Å². The van der Waals surface area contributed by atoms with Gasteiger partial charge in [0, 0.05) is 10.8 Å². The second-order valence-corrected chi connectivity index (χ2v) is 7.76. The summed E-state index contributed by atoms with van der Waals surface area (Å²) in [4.78, 5) is 12.3. The molecule has 1 atom stereocenters. The van der Waals surface area contributed by atoms with Gasteiger partial charge in [0.25, 0.3) is 0 Å². The van der Waals surface area contributed by atoms with E-state index < -0.39 is 6.09 Å². The van der Waals surface area contributed by atoms with E-state index in [-0.39, 0.29) is 22.8 Å². The second kappa shape index (κ2) is 5.69. The van der Waals surface area contributed by atoms with Crippen molar-refractivity contribution in [3.05, 3.63) is 42.0 Å². The topological polar surface area (TPSA) is 58.6 Å². The van der Waals surface area contributed by atoms with E-state index in [0.29, 0.717) is 0 Å². The maximum Gasteiger partial charge on any atom is 0.408 e. The fourth-order valence-electron chi connectivity index (χ4n) is 3.15. The molecule has 3 rings (SSSR count). The zero-order valence-corrected chi connectivity index (χ0v) is 14.7. The van der Waals surface area contributed by atoms with Crippen LogP contribution in [0, 0.1) is 5.41 Å². The van der Waals surface area contributed by atoms with Gasteiger partial charge in [0.1, 0.15) is 11.4 Å². The van der Waals surface area contributed by atoms with Crippen LogP contribution in [0.2, 0.25) is 0 Å². The molecule has 0 heterocycles. The lowest BCUT2D eigenvalue weighted by Crippen LogP contribution is -2.38. The highest BCUT2D eigenvalue weighted by atomic mass is 16.6. The van der Waals surface area contributed by atoms with E-state index in [1.807, 2.05) is 37.3 Å². The smallest absolute Gasteiger partial charge is 0.408 e. The summed E-state index contributed by atoms with van der Waals surface area (Å²) in [6.45, 7) is 8.18. The summed E-state index contributed by atoms with van der Waals surface area (Å²) in [5.74, 6) is 0.221.